The molecular weight excluding hydrogens is 388 g/mol. The monoisotopic (exact) mass is 428 g/mol. The molecule has 1 rings (SSSR count). The highest BCUT2D eigenvalue weighted by Gasteiger charge is 2.80. The molecule has 0 aromatic rings. The van der Waals surface area contributed by atoms with Crippen LogP contribution in [-0.4, -0.2) is 67.1 Å². The van der Waals surface area contributed by atoms with Crippen molar-refractivity contribution in [3.63, 3.8) is 0 Å². The Labute approximate surface area is 173 Å². The minimum atomic E-state index is -3.88. The van der Waals surface area contributed by atoms with Crippen LogP contribution in [0.1, 0.15) is 55.4 Å². The molecule has 0 aromatic carbocycles. The average molecular weight is 429 g/mol. The molecule has 8 heteroatoms. The largest absolute Gasteiger partial charge is 0.380 e. The van der Waals surface area contributed by atoms with Gasteiger partial charge in [0.2, 0.25) is 0 Å². The summed E-state index contributed by atoms with van der Waals surface area (Å²) < 4.78 is 72.9. The lowest BCUT2D eigenvalue weighted by Crippen LogP contribution is -2.73. The number of methoxy groups -OCH3 is 2. The van der Waals surface area contributed by atoms with Gasteiger partial charge in [-0.1, -0.05) is 55.4 Å². The molecule has 1 aliphatic heterocycles. The predicted octanol–water partition coefficient (Wildman–Crippen LogP) is 5.14. The summed E-state index contributed by atoms with van der Waals surface area (Å²) in [5, 5.41) is 0. The molecule has 2 unspecified atom stereocenters. The maximum absolute atomic E-state index is 16.1. The highest BCUT2D eigenvalue weighted by Crippen LogP contribution is 2.64. The van der Waals surface area contributed by atoms with Crippen molar-refractivity contribution in [2.75, 3.05) is 27.4 Å². The molecule has 0 saturated carbocycles. The number of hydrogen-bond acceptors (Lipinski definition) is 4. The number of hydrogen-bond donors (Lipinski definition) is 0. The second-order valence-electron chi connectivity index (χ2n) is 9.30. The van der Waals surface area contributed by atoms with Gasteiger partial charge >= 0.3 is 6.17 Å². The Bertz CT molecular complexity index is 469. The average Bonchev–Trinajstić information content (AvgIpc) is 2.77. The minimum absolute atomic E-state index is 0.395. The quantitative estimate of drug-likeness (QED) is 0.355. The summed E-state index contributed by atoms with van der Waals surface area (Å²) >= 11 is 0. The summed E-state index contributed by atoms with van der Waals surface area (Å²) in [5.41, 5.74) is -2.73. The second-order valence-corrected chi connectivity index (χ2v) is 9.30. The standard InChI is InChI=1S/C21H40F4N2O2/c1-13(2)19(14(3)4)20(15(5)6,16(7)8)27(18(23)12-29-10)21(24,25)26(19)17(22)11-28-9/h13-18H,11-12H2,1-10H3. The molecule has 0 bridgehead atoms. The smallest absolute Gasteiger partial charge is 0.375 e. The SMILES string of the molecule is COCC(F)N1C(F)(F)N(C(F)COC)C(C(C)C)(C(C)C)C1(C(C)C)C(C)C. The van der Waals surface area contributed by atoms with Gasteiger partial charge in [0.25, 0.3) is 0 Å². The van der Waals surface area contributed by atoms with Crippen LogP contribution in [0.2, 0.25) is 0 Å². The Morgan fingerprint density at radius 1 is 0.621 bits per heavy atom. The fourth-order valence-electron chi connectivity index (χ4n) is 6.47. The van der Waals surface area contributed by atoms with Crippen LogP contribution in [0.4, 0.5) is 17.6 Å². The van der Waals surface area contributed by atoms with Gasteiger partial charge in [-0.05, 0) is 23.7 Å². The maximum atomic E-state index is 16.1. The van der Waals surface area contributed by atoms with Gasteiger partial charge in [-0.3, -0.25) is 0 Å². The van der Waals surface area contributed by atoms with Crippen LogP contribution in [0.15, 0.2) is 0 Å². The van der Waals surface area contributed by atoms with Gasteiger partial charge in [-0.15, -0.1) is 0 Å². The molecule has 174 valence electrons. The molecule has 1 saturated heterocycles. The number of ether oxygens (including phenoxy) is 2. The minimum Gasteiger partial charge on any atom is -0.380 e. The van der Waals surface area contributed by atoms with E-state index >= 15 is 17.6 Å². The number of nitrogens with zero attached hydrogens (tertiary/aromatic N) is 2. The van der Waals surface area contributed by atoms with Gasteiger partial charge in [0.1, 0.15) is 0 Å². The lowest BCUT2D eigenvalue weighted by Gasteiger charge is -2.60. The maximum Gasteiger partial charge on any atom is 0.375 e. The Morgan fingerprint density at radius 3 is 1.03 bits per heavy atom. The van der Waals surface area contributed by atoms with Crippen molar-refractivity contribution in [1.29, 1.82) is 0 Å². The Kier molecular flexibility index (Phi) is 8.59. The molecular formula is C21H40F4N2O2. The Hall–Kier alpha value is -0.440. The van der Waals surface area contributed by atoms with Crippen LogP contribution in [0.25, 0.3) is 0 Å². The lowest BCUT2D eigenvalue weighted by atomic mass is 9.55. The summed E-state index contributed by atoms with van der Waals surface area (Å²) in [6.45, 7) is 13.5. The molecule has 0 amide bonds. The Morgan fingerprint density at radius 2 is 0.862 bits per heavy atom. The van der Waals surface area contributed by atoms with Gasteiger partial charge < -0.3 is 9.47 Å². The van der Waals surface area contributed by atoms with E-state index in [9.17, 15) is 0 Å². The fraction of sp³-hybridized carbons (Fsp3) is 1.00. The molecule has 0 radical (unpaired) electrons. The first kappa shape index (κ1) is 26.6. The topological polar surface area (TPSA) is 24.9 Å². The zero-order valence-corrected chi connectivity index (χ0v) is 19.6. The molecule has 4 nitrogen and oxygen atoms in total. The van der Waals surface area contributed by atoms with E-state index in [1.165, 1.54) is 14.2 Å². The van der Waals surface area contributed by atoms with E-state index in [0.717, 1.165) is 0 Å². The third-order valence-electron chi connectivity index (χ3n) is 6.71. The molecule has 0 aromatic heterocycles. The van der Waals surface area contributed by atoms with Crippen molar-refractivity contribution >= 4 is 0 Å². The highest BCUT2D eigenvalue weighted by atomic mass is 19.3. The number of alkyl halides is 4. The third-order valence-corrected chi connectivity index (χ3v) is 6.71. The Balaban J connectivity index is 4.11. The molecule has 1 fully saturated rings. The first-order valence-corrected chi connectivity index (χ1v) is 10.5. The van der Waals surface area contributed by atoms with Crippen LogP contribution in [0, 0.1) is 23.7 Å². The number of rotatable bonds is 10. The van der Waals surface area contributed by atoms with Crippen LogP contribution >= 0.6 is 0 Å². The van der Waals surface area contributed by atoms with E-state index in [2.05, 4.69) is 0 Å². The predicted molar refractivity (Wildman–Crippen MR) is 107 cm³/mol. The summed E-state index contributed by atoms with van der Waals surface area (Å²) in [4.78, 5) is 1.20. The van der Waals surface area contributed by atoms with E-state index in [0.29, 0.717) is 9.80 Å². The van der Waals surface area contributed by atoms with Crippen LogP contribution in [0.5, 0.6) is 0 Å². The highest BCUT2D eigenvalue weighted by molar-refractivity contribution is 5.25. The van der Waals surface area contributed by atoms with E-state index in [-0.39, 0.29) is 0 Å². The summed E-state index contributed by atoms with van der Waals surface area (Å²) in [5.74, 6) is -1.58. The van der Waals surface area contributed by atoms with Gasteiger partial charge in [0, 0.05) is 14.2 Å². The molecule has 0 N–H and O–H groups in total. The van der Waals surface area contributed by atoms with E-state index in [1.807, 2.05) is 55.4 Å². The van der Waals surface area contributed by atoms with Crippen molar-refractivity contribution in [1.82, 2.24) is 9.80 Å². The second kappa shape index (κ2) is 9.37. The zero-order valence-electron chi connectivity index (χ0n) is 19.6. The third kappa shape index (κ3) is 3.62. The van der Waals surface area contributed by atoms with Crippen molar-refractivity contribution in [2.24, 2.45) is 23.7 Å². The molecule has 1 aliphatic rings. The van der Waals surface area contributed by atoms with Gasteiger partial charge in [0.05, 0.1) is 24.3 Å². The van der Waals surface area contributed by atoms with Crippen LogP contribution < -0.4 is 0 Å². The molecule has 29 heavy (non-hydrogen) atoms. The van der Waals surface area contributed by atoms with Crippen LogP contribution in [-0.2, 0) is 9.47 Å². The molecule has 0 aliphatic carbocycles. The molecule has 1 heterocycles. The summed E-state index contributed by atoms with van der Waals surface area (Å²) in [7, 11) is 2.54. The van der Waals surface area contributed by atoms with E-state index in [4.69, 9.17) is 9.47 Å². The molecule has 0 spiro atoms. The molecule has 2 atom stereocenters. The van der Waals surface area contributed by atoms with Crippen molar-refractivity contribution < 1.29 is 27.0 Å². The fourth-order valence-corrected chi connectivity index (χ4v) is 6.47. The van der Waals surface area contributed by atoms with Gasteiger partial charge in [0.15, 0.2) is 12.6 Å². The van der Waals surface area contributed by atoms with Crippen molar-refractivity contribution in [3.8, 4) is 0 Å². The first-order valence-electron chi connectivity index (χ1n) is 10.5. The lowest BCUT2D eigenvalue weighted by molar-refractivity contribution is -0.290. The van der Waals surface area contributed by atoms with E-state index in [1.54, 1.807) is 0 Å². The van der Waals surface area contributed by atoms with Crippen molar-refractivity contribution in [2.45, 2.75) is 85.2 Å². The normalized spacial score (nSPS) is 24.2. The van der Waals surface area contributed by atoms with Crippen LogP contribution in [0.3, 0.4) is 0 Å². The van der Waals surface area contributed by atoms with E-state index < -0.39 is 66.7 Å². The van der Waals surface area contributed by atoms with Gasteiger partial charge in [-0.25, -0.2) is 8.78 Å². The van der Waals surface area contributed by atoms with Crippen molar-refractivity contribution in [3.05, 3.63) is 0 Å². The van der Waals surface area contributed by atoms with Gasteiger partial charge in [-0.2, -0.15) is 18.6 Å². The summed E-state index contributed by atoms with van der Waals surface area (Å²) in [6, 6.07) is 0. The first-order chi connectivity index (χ1) is 13.2. The zero-order chi connectivity index (χ0) is 22.9. The number of halogens is 4. The summed E-state index contributed by atoms with van der Waals surface area (Å²) in [6.07, 6.45) is -8.08.